The van der Waals surface area contributed by atoms with E-state index in [1.807, 2.05) is 6.26 Å². The van der Waals surface area contributed by atoms with E-state index in [4.69, 9.17) is 11.6 Å². The minimum atomic E-state index is 0.146. The Morgan fingerprint density at radius 2 is 2.14 bits per heavy atom. The number of carbonyl (C=O) groups excluding carboxylic acids is 1. The van der Waals surface area contributed by atoms with Gasteiger partial charge in [-0.05, 0) is 30.7 Å². The highest BCUT2D eigenvalue weighted by Gasteiger charge is 2.23. The monoisotopic (exact) mass is 228 g/mol. The van der Waals surface area contributed by atoms with Crippen LogP contribution in [0, 0.1) is 0 Å². The van der Waals surface area contributed by atoms with E-state index in [1.165, 1.54) is 11.8 Å². The van der Waals surface area contributed by atoms with E-state index in [0.717, 1.165) is 18.5 Å². The lowest BCUT2D eigenvalue weighted by Crippen LogP contribution is -2.15. The fourth-order valence-corrected chi connectivity index (χ4v) is 2.46. The van der Waals surface area contributed by atoms with Gasteiger partial charge in [0.25, 0.3) is 0 Å². The van der Waals surface area contributed by atoms with Gasteiger partial charge in [0.05, 0.1) is 11.3 Å². The van der Waals surface area contributed by atoms with Crippen molar-refractivity contribution < 1.29 is 4.79 Å². The zero-order chi connectivity index (χ0) is 10.1. The van der Waals surface area contributed by atoms with Gasteiger partial charge in [0.2, 0.25) is 5.28 Å². The molecule has 1 heterocycles. The Kier molecular flexibility index (Phi) is 2.74. The van der Waals surface area contributed by atoms with Crippen LogP contribution in [-0.4, -0.2) is 22.0 Å². The minimum absolute atomic E-state index is 0.146. The van der Waals surface area contributed by atoms with E-state index in [1.54, 1.807) is 0 Å². The molecule has 0 saturated heterocycles. The van der Waals surface area contributed by atoms with Gasteiger partial charge < -0.3 is 0 Å². The third-order valence-electron chi connectivity index (χ3n) is 2.21. The van der Waals surface area contributed by atoms with E-state index in [0.29, 0.717) is 17.0 Å². The van der Waals surface area contributed by atoms with Crippen LogP contribution < -0.4 is 0 Å². The topological polar surface area (TPSA) is 42.9 Å². The van der Waals surface area contributed by atoms with Crippen molar-refractivity contribution in [3.05, 3.63) is 16.5 Å². The van der Waals surface area contributed by atoms with E-state index >= 15 is 0 Å². The van der Waals surface area contributed by atoms with Gasteiger partial charge in [0, 0.05) is 6.42 Å². The number of thioether (sulfide) groups is 1. The molecular formula is C9H9ClN2OS. The van der Waals surface area contributed by atoms with Crippen LogP contribution in [0.5, 0.6) is 0 Å². The summed E-state index contributed by atoms with van der Waals surface area (Å²) in [4.78, 5) is 19.8. The Balaban J connectivity index is 2.61. The fourth-order valence-electron chi connectivity index (χ4n) is 1.61. The minimum Gasteiger partial charge on any atom is -0.294 e. The fraction of sp³-hybridized carbons (Fsp3) is 0.444. The van der Waals surface area contributed by atoms with Gasteiger partial charge >= 0.3 is 0 Å². The van der Waals surface area contributed by atoms with Crippen molar-refractivity contribution >= 4 is 29.1 Å². The number of rotatable bonds is 1. The molecule has 0 aromatic carbocycles. The Hall–Kier alpha value is -0.610. The van der Waals surface area contributed by atoms with E-state index < -0.39 is 0 Å². The molecule has 1 aliphatic carbocycles. The molecule has 3 nitrogen and oxygen atoms in total. The first-order chi connectivity index (χ1) is 6.72. The lowest BCUT2D eigenvalue weighted by molar-refractivity contribution is 0.0967. The van der Waals surface area contributed by atoms with Crippen LogP contribution in [0.4, 0.5) is 0 Å². The summed E-state index contributed by atoms with van der Waals surface area (Å²) in [5.74, 6) is 0.146. The van der Waals surface area contributed by atoms with E-state index in [-0.39, 0.29) is 11.1 Å². The molecule has 0 radical (unpaired) electrons. The molecule has 0 spiro atoms. The summed E-state index contributed by atoms with van der Waals surface area (Å²) in [6.45, 7) is 0. The molecule has 14 heavy (non-hydrogen) atoms. The van der Waals surface area contributed by atoms with Crippen molar-refractivity contribution in [3.8, 4) is 0 Å². The van der Waals surface area contributed by atoms with Crippen LogP contribution in [0.3, 0.4) is 0 Å². The summed E-state index contributed by atoms with van der Waals surface area (Å²) in [5.41, 5.74) is 1.50. The number of hydrogen-bond acceptors (Lipinski definition) is 4. The van der Waals surface area contributed by atoms with Gasteiger partial charge in [-0.2, -0.15) is 0 Å². The Bertz CT molecular complexity index is 377. The summed E-state index contributed by atoms with van der Waals surface area (Å²) in [6, 6.07) is 0. The second-order valence-corrected chi connectivity index (χ2v) is 4.23. The van der Waals surface area contributed by atoms with Crippen molar-refractivity contribution in [2.75, 3.05) is 6.26 Å². The number of Topliss-reactive ketones (excluding diaryl/α,β-unsaturated/α-hetero) is 1. The maximum absolute atomic E-state index is 11.6. The third kappa shape index (κ3) is 1.64. The van der Waals surface area contributed by atoms with Gasteiger partial charge in [0.1, 0.15) is 5.03 Å². The summed E-state index contributed by atoms with van der Waals surface area (Å²) >= 11 is 7.21. The zero-order valence-corrected chi connectivity index (χ0v) is 9.28. The molecule has 0 amide bonds. The second-order valence-electron chi connectivity index (χ2n) is 3.10. The molecule has 0 aliphatic heterocycles. The smallest absolute Gasteiger partial charge is 0.223 e. The average molecular weight is 229 g/mol. The third-order valence-corrected chi connectivity index (χ3v) is 3.06. The summed E-state index contributed by atoms with van der Waals surface area (Å²) in [7, 11) is 0. The first kappa shape index (κ1) is 9.93. The Morgan fingerprint density at radius 3 is 2.86 bits per heavy atom. The highest BCUT2D eigenvalue weighted by Crippen LogP contribution is 2.28. The average Bonchev–Trinajstić information content (AvgIpc) is 2.16. The van der Waals surface area contributed by atoms with Gasteiger partial charge in [-0.25, -0.2) is 9.97 Å². The molecule has 1 aliphatic rings. The molecule has 74 valence electrons. The number of hydrogen-bond donors (Lipinski definition) is 0. The number of ketones is 1. The van der Waals surface area contributed by atoms with Crippen molar-refractivity contribution in [1.29, 1.82) is 0 Å². The SMILES string of the molecule is CSc1nc(Cl)nc2c1C(=O)CCC2. The molecule has 0 bridgehead atoms. The predicted octanol–water partition coefficient (Wildman–Crippen LogP) is 2.37. The molecular weight excluding hydrogens is 220 g/mol. The maximum atomic E-state index is 11.6. The highest BCUT2D eigenvalue weighted by atomic mass is 35.5. The first-order valence-corrected chi connectivity index (χ1v) is 5.96. The number of halogens is 1. The lowest BCUT2D eigenvalue weighted by atomic mass is 9.96. The van der Waals surface area contributed by atoms with Crippen LogP contribution in [0.1, 0.15) is 28.9 Å². The molecule has 2 rings (SSSR count). The summed E-state index contributed by atoms with van der Waals surface area (Å²) in [5, 5.41) is 0.951. The standard InChI is InChI=1S/C9H9ClN2OS/c1-14-8-7-5(11-9(10)12-8)3-2-4-6(7)13/h2-4H2,1H3. The number of nitrogens with zero attached hydrogens (tertiary/aromatic N) is 2. The van der Waals surface area contributed by atoms with Crippen LogP contribution in [0.25, 0.3) is 0 Å². The normalized spacial score (nSPS) is 15.4. The number of fused-ring (bicyclic) bond motifs is 1. The Morgan fingerprint density at radius 1 is 1.36 bits per heavy atom. The van der Waals surface area contributed by atoms with Crippen molar-refractivity contribution in [1.82, 2.24) is 9.97 Å². The molecule has 0 atom stereocenters. The first-order valence-electron chi connectivity index (χ1n) is 4.36. The molecule has 0 unspecified atom stereocenters. The maximum Gasteiger partial charge on any atom is 0.223 e. The Labute approximate surface area is 91.3 Å². The highest BCUT2D eigenvalue weighted by molar-refractivity contribution is 7.98. The largest absolute Gasteiger partial charge is 0.294 e. The zero-order valence-electron chi connectivity index (χ0n) is 7.71. The van der Waals surface area contributed by atoms with E-state index in [9.17, 15) is 4.79 Å². The number of aromatic nitrogens is 2. The van der Waals surface area contributed by atoms with Crippen LogP contribution in [-0.2, 0) is 6.42 Å². The molecule has 1 aromatic rings. The van der Waals surface area contributed by atoms with Gasteiger partial charge in [-0.15, -0.1) is 11.8 Å². The summed E-state index contributed by atoms with van der Waals surface area (Å²) in [6.07, 6.45) is 4.19. The quantitative estimate of drug-likeness (QED) is 0.421. The number of aryl methyl sites for hydroxylation is 1. The predicted molar refractivity (Wildman–Crippen MR) is 56.1 cm³/mol. The van der Waals surface area contributed by atoms with Gasteiger partial charge in [0.15, 0.2) is 5.78 Å². The number of carbonyl (C=O) groups is 1. The molecule has 5 heteroatoms. The molecule has 0 N–H and O–H groups in total. The molecule has 0 saturated carbocycles. The van der Waals surface area contributed by atoms with Crippen LogP contribution >= 0.6 is 23.4 Å². The van der Waals surface area contributed by atoms with Gasteiger partial charge in [-0.3, -0.25) is 4.79 Å². The van der Waals surface area contributed by atoms with Crippen LogP contribution in [0.2, 0.25) is 5.28 Å². The second kappa shape index (κ2) is 3.87. The van der Waals surface area contributed by atoms with Gasteiger partial charge in [-0.1, -0.05) is 0 Å². The van der Waals surface area contributed by atoms with E-state index in [2.05, 4.69) is 9.97 Å². The van der Waals surface area contributed by atoms with Crippen molar-refractivity contribution in [3.63, 3.8) is 0 Å². The van der Waals surface area contributed by atoms with Crippen molar-refractivity contribution in [2.45, 2.75) is 24.3 Å². The van der Waals surface area contributed by atoms with Crippen molar-refractivity contribution in [2.24, 2.45) is 0 Å². The summed E-state index contributed by atoms with van der Waals surface area (Å²) < 4.78 is 0. The molecule has 0 fully saturated rings. The van der Waals surface area contributed by atoms with Crippen LogP contribution in [0.15, 0.2) is 5.03 Å². The molecule has 1 aromatic heterocycles. The lowest BCUT2D eigenvalue weighted by Gasteiger charge is -2.15.